The van der Waals surface area contributed by atoms with Gasteiger partial charge in [0, 0.05) is 12.0 Å². The van der Waals surface area contributed by atoms with Crippen molar-refractivity contribution in [3.8, 4) is 0 Å². The highest BCUT2D eigenvalue weighted by atomic mass is 19.2. The van der Waals surface area contributed by atoms with Crippen LogP contribution in [0.4, 0.5) is 8.78 Å². The highest BCUT2D eigenvalue weighted by molar-refractivity contribution is 5.32. The summed E-state index contributed by atoms with van der Waals surface area (Å²) in [5.74, 6) is -1.58. The minimum atomic E-state index is -0.795. The fourth-order valence-electron chi connectivity index (χ4n) is 1.59. The standard InChI is InChI=1S/C10H11F2N/c11-8-2-1-7(5-9(8)12)10(6-13)3-4-10/h1-2,5H,3-4,6,13H2. The normalized spacial score (nSPS) is 18.7. The minimum Gasteiger partial charge on any atom is -0.330 e. The van der Waals surface area contributed by atoms with Gasteiger partial charge >= 0.3 is 0 Å². The van der Waals surface area contributed by atoms with E-state index >= 15 is 0 Å². The molecule has 1 fully saturated rings. The number of benzene rings is 1. The fraction of sp³-hybridized carbons (Fsp3) is 0.400. The van der Waals surface area contributed by atoms with Crippen molar-refractivity contribution in [2.24, 2.45) is 5.73 Å². The summed E-state index contributed by atoms with van der Waals surface area (Å²) in [5.41, 5.74) is 6.34. The SMILES string of the molecule is NCC1(c2ccc(F)c(F)c2)CC1. The van der Waals surface area contributed by atoms with Gasteiger partial charge in [0.2, 0.25) is 0 Å². The smallest absolute Gasteiger partial charge is 0.159 e. The minimum absolute atomic E-state index is 0.0610. The third kappa shape index (κ3) is 1.33. The van der Waals surface area contributed by atoms with E-state index in [1.54, 1.807) is 6.07 Å². The van der Waals surface area contributed by atoms with Crippen molar-refractivity contribution in [2.45, 2.75) is 18.3 Å². The summed E-state index contributed by atoms with van der Waals surface area (Å²) >= 11 is 0. The van der Waals surface area contributed by atoms with Crippen molar-refractivity contribution < 1.29 is 8.78 Å². The van der Waals surface area contributed by atoms with E-state index < -0.39 is 11.6 Å². The largest absolute Gasteiger partial charge is 0.330 e. The second-order valence-electron chi connectivity index (χ2n) is 3.61. The zero-order valence-electron chi connectivity index (χ0n) is 7.19. The second-order valence-corrected chi connectivity index (χ2v) is 3.61. The predicted octanol–water partition coefficient (Wildman–Crippen LogP) is 1.96. The average Bonchev–Trinajstić information content (AvgIpc) is 2.90. The molecule has 1 aliphatic carbocycles. The van der Waals surface area contributed by atoms with Gasteiger partial charge < -0.3 is 5.73 Å². The first-order valence-corrected chi connectivity index (χ1v) is 4.33. The summed E-state index contributed by atoms with van der Waals surface area (Å²) in [6.45, 7) is 0.512. The number of nitrogens with two attached hydrogens (primary N) is 1. The van der Waals surface area contributed by atoms with E-state index in [0.29, 0.717) is 6.54 Å². The van der Waals surface area contributed by atoms with Gasteiger partial charge in [-0.1, -0.05) is 6.07 Å². The van der Waals surface area contributed by atoms with Crippen LogP contribution in [0.25, 0.3) is 0 Å². The Bertz CT molecular complexity index is 332. The maximum atomic E-state index is 12.9. The van der Waals surface area contributed by atoms with Crippen LogP contribution in [0.5, 0.6) is 0 Å². The second kappa shape index (κ2) is 2.77. The highest BCUT2D eigenvalue weighted by Crippen LogP contribution is 2.47. The molecule has 0 heterocycles. The van der Waals surface area contributed by atoms with Crippen LogP contribution in [0.3, 0.4) is 0 Å². The molecule has 0 atom stereocenters. The Hall–Kier alpha value is -0.960. The Morgan fingerprint density at radius 2 is 1.92 bits per heavy atom. The molecular weight excluding hydrogens is 172 g/mol. The summed E-state index contributed by atoms with van der Waals surface area (Å²) in [6, 6.07) is 4.05. The van der Waals surface area contributed by atoms with E-state index in [0.717, 1.165) is 18.4 Å². The molecule has 0 bridgehead atoms. The van der Waals surface area contributed by atoms with Gasteiger partial charge in [0.15, 0.2) is 11.6 Å². The lowest BCUT2D eigenvalue weighted by molar-refractivity contribution is 0.504. The lowest BCUT2D eigenvalue weighted by atomic mass is 9.96. The van der Waals surface area contributed by atoms with E-state index in [-0.39, 0.29) is 5.41 Å². The van der Waals surface area contributed by atoms with Crippen LogP contribution in [0.2, 0.25) is 0 Å². The first-order valence-electron chi connectivity index (χ1n) is 4.33. The Morgan fingerprint density at radius 1 is 1.23 bits per heavy atom. The van der Waals surface area contributed by atoms with Crippen LogP contribution < -0.4 is 5.73 Å². The number of hydrogen-bond donors (Lipinski definition) is 1. The van der Waals surface area contributed by atoms with Crippen LogP contribution in [-0.4, -0.2) is 6.54 Å². The first-order chi connectivity index (χ1) is 6.18. The summed E-state index contributed by atoms with van der Waals surface area (Å²) in [7, 11) is 0. The van der Waals surface area contributed by atoms with Gasteiger partial charge in [-0.2, -0.15) is 0 Å². The summed E-state index contributed by atoms with van der Waals surface area (Å²) in [5, 5.41) is 0. The highest BCUT2D eigenvalue weighted by Gasteiger charge is 2.43. The van der Waals surface area contributed by atoms with E-state index in [1.807, 2.05) is 0 Å². The molecule has 0 aliphatic heterocycles. The van der Waals surface area contributed by atoms with E-state index in [1.165, 1.54) is 12.1 Å². The van der Waals surface area contributed by atoms with Crippen molar-refractivity contribution in [1.82, 2.24) is 0 Å². The quantitative estimate of drug-likeness (QED) is 0.745. The molecule has 0 aromatic heterocycles. The average molecular weight is 183 g/mol. The summed E-state index contributed by atoms with van der Waals surface area (Å²) in [4.78, 5) is 0. The number of hydrogen-bond acceptors (Lipinski definition) is 1. The predicted molar refractivity (Wildman–Crippen MR) is 46.3 cm³/mol. The molecule has 1 aliphatic rings. The van der Waals surface area contributed by atoms with Crippen LogP contribution in [0.1, 0.15) is 18.4 Å². The third-order valence-corrected chi connectivity index (χ3v) is 2.78. The number of halogens is 2. The molecule has 70 valence electrons. The third-order valence-electron chi connectivity index (χ3n) is 2.78. The molecule has 1 aromatic carbocycles. The molecule has 3 heteroatoms. The zero-order valence-corrected chi connectivity index (χ0v) is 7.19. The van der Waals surface area contributed by atoms with Gasteiger partial charge in [0.05, 0.1) is 0 Å². The molecule has 2 rings (SSSR count). The van der Waals surface area contributed by atoms with Crippen molar-refractivity contribution in [1.29, 1.82) is 0 Å². The van der Waals surface area contributed by atoms with Crippen molar-refractivity contribution >= 4 is 0 Å². The monoisotopic (exact) mass is 183 g/mol. The van der Waals surface area contributed by atoms with Crippen molar-refractivity contribution in [2.75, 3.05) is 6.54 Å². The van der Waals surface area contributed by atoms with Crippen molar-refractivity contribution in [3.63, 3.8) is 0 Å². The number of rotatable bonds is 2. The Balaban J connectivity index is 2.37. The van der Waals surface area contributed by atoms with Crippen LogP contribution in [-0.2, 0) is 5.41 Å². The van der Waals surface area contributed by atoms with Gasteiger partial charge in [-0.15, -0.1) is 0 Å². The lowest BCUT2D eigenvalue weighted by Gasteiger charge is -2.12. The van der Waals surface area contributed by atoms with E-state index in [2.05, 4.69) is 0 Å². The molecular formula is C10H11F2N. The maximum absolute atomic E-state index is 12.9. The summed E-state index contributed by atoms with van der Waals surface area (Å²) in [6.07, 6.45) is 1.96. The molecule has 0 unspecified atom stereocenters. The molecule has 0 amide bonds. The first kappa shape index (κ1) is 8.63. The van der Waals surface area contributed by atoms with Crippen molar-refractivity contribution in [3.05, 3.63) is 35.4 Å². The van der Waals surface area contributed by atoms with Gasteiger partial charge in [-0.25, -0.2) is 8.78 Å². The molecule has 0 radical (unpaired) electrons. The molecule has 1 nitrogen and oxygen atoms in total. The van der Waals surface area contributed by atoms with Gasteiger partial charge in [-0.05, 0) is 30.5 Å². The van der Waals surface area contributed by atoms with Crippen LogP contribution in [0, 0.1) is 11.6 Å². The summed E-state index contributed by atoms with van der Waals surface area (Å²) < 4.78 is 25.5. The molecule has 0 spiro atoms. The molecule has 1 aromatic rings. The van der Waals surface area contributed by atoms with Crippen LogP contribution in [0.15, 0.2) is 18.2 Å². The van der Waals surface area contributed by atoms with Gasteiger partial charge in [-0.3, -0.25) is 0 Å². The Kier molecular flexibility index (Phi) is 1.84. The fourth-order valence-corrected chi connectivity index (χ4v) is 1.59. The van der Waals surface area contributed by atoms with E-state index in [4.69, 9.17) is 5.73 Å². The zero-order chi connectivity index (χ0) is 9.47. The lowest BCUT2D eigenvalue weighted by Crippen LogP contribution is -2.19. The van der Waals surface area contributed by atoms with E-state index in [9.17, 15) is 8.78 Å². The molecule has 1 saturated carbocycles. The maximum Gasteiger partial charge on any atom is 0.159 e. The molecule has 0 saturated heterocycles. The molecule has 2 N–H and O–H groups in total. The Morgan fingerprint density at radius 3 is 2.38 bits per heavy atom. The Labute approximate surface area is 75.6 Å². The van der Waals surface area contributed by atoms with Crippen LogP contribution >= 0.6 is 0 Å². The van der Waals surface area contributed by atoms with Gasteiger partial charge in [0.25, 0.3) is 0 Å². The van der Waals surface area contributed by atoms with Gasteiger partial charge in [0.1, 0.15) is 0 Å². The topological polar surface area (TPSA) is 26.0 Å². The molecule has 13 heavy (non-hydrogen) atoms.